The molecule has 8 rings (SSSR count). The number of likely N-dealkylation sites (tertiary alicyclic amines) is 2. The maximum Gasteiger partial charge on any atom is 0.416 e. The summed E-state index contributed by atoms with van der Waals surface area (Å²) in [5.41, 5.74) is 6.85. The van der Waals surface area contributed by atoms with E-state index in [4.69, 9.17) is 15.2 Å². The van der Waals surface area contributed by atoms with Crippen LogP contribution in [-0.2, 0) is 53.8 Å². The lowest BCUT2D eigenvalue weighted by Crippen LogP contribution is -2.41. The van der Waals surface area contributed by atoms with Crippen LogP contribution >= 0.6 is 27.0 Å². The number of alkyl halides is 6. The van der Waals surface area contributed by atoms with Gasteiger partial charge in [0.2, 0.25) is 5.91 Å². The van der Waals surface area contributed by atoms with Gasteiger partial charge in [-0.15, -0.1) is 0 Å². The fraction of sp³-hybridized carbons (Fsp3) is 0.486. The molecular weight excluding hydrogens is 1370 g/mol. The van der Waals surface area contributed by atoms with E-state index in [9.17, 15) is 69.0 Å². The first-order valence-corrected chi connectivity index (χ1v) is 33.2. The Morgan fingerprint density at radius 2 is 0.941 bits per heavy atom. The van der Waals surface area contributed by atoms with Crippen LogP contribution in [0.5, 0.6) is 0 Å². The van der Waals surface area contributed by atoms with Crippen LogP contribution in [0.4, 0.5) is 43.9 Å². The molecule has 2 aliphatic heterocycles. The molecule has 0 radical (unpaired) electrons. The van der Waals surface area contributed by atoms with Crippen LogP contribution in [0, 0.1) is 76.6 Å². The van der Waals surface area contributed by atoms with Crippen molar-refractivity contribution in [2.75, 3.05) is 52.5 Å². The zero-order chi connectivity index (χ0) is 73.7. The van der Waals surface area contributed by atoms with E-state index in [2.05, 4.69) is 5.32 Å². The number of aliphatic carboxylic acids is 1. The minimum atomic E-state index is -4.78. The Labute approximate surface area is 597 Å². The van der Waals surface area contributed by atoms with Crippen LogP contribution in [0.25, 0.3) is 22.3 Å². The molecule has 6 aromatic rings. The number of carbonyl (C=O) groups excluding carboxylic acids is 3. The lowest BCUT2D eigenvalue weighted by atomic mass is 9.91. The first-order valence-electron chi connectivity index (χ1n) is 33.2. The minimum absolute atomic E-state index is 0. The molecule has 0 saturated carbocycles. The lowest BCUT2D eigenvalue weighted by Gasteiger charge is -2.31. The number of hydrogen-bond donors (Lipinski definition) is 3. The van der Waals surface area contributed by atoms with Gasteiger partial charge in [-0.3, -0.25) is 24.0 Å². The molecule has 556 valence electrons. The first-order chi connectivity index (χ1) is 46.3. The van der Waals surface area contributed by atoms with Crippen molar-refractivity contribution in [3.63, 3.8) is 0 Å². The first kappa shape index (κ1) is 85.9. The van der Waals surface area contributed by atoms with E-state index in [1.807, 2.05) is 29.7 Å². The summed E-state index contributed by atoms with van der Waals surface area (Å²) in [4.78, 5) is 79.5. The van der Waals surface area contributed by atoms with Crippen molar-refractivity contribution < 1.29 is 77.7 Å². The largest absolute Gasteiger partial charge is 0.480 e. The number of carboxylic acid groups (broad SMARTS) is 1. The molecule has 0 bridgehead atoms. The van der Waals surface area contributed by atoms with E-state index in [0.717, 1.165) is 71.7 Å². The molecule has 4 N–H and O–H groups in total. The molecule has 4 aromatic carbocycles. The van der Waals surface area contributed by atoms with E-state index >= 15 is 8.78 Å². The molecule has 0 aliphatic carbocycles. The molecular formula is C74H94F10N6O9S2. The Balaban J connectivity index is 0.000000350. The SMILES string of the molecule is CC(C)CC(C(=O)O)n1cc(CCN2CCC2)c(C(F)(F)F)cc1=O.CCOC(=O)C[C@H](N)c1cc(-c2c(C)cc(C)cc2F)cc(C)c1F.CCOC(=O)C[C@H](NC(=O)C(CC(C)C)n1cc(CCN2CCC2)c(C(F)(F)F)cc1=O)c1cc(-c2c(C)cc(C)cc2F)cc(C)c1F.S.S. The van der Waals surface area contributed by atoms with E-state index in [0.29, 0.717) is 58.6 Å². The number of nitrogens with two attached hydrogens (primary N) is 1. The van der Waals surface area contributed by atoms with E-state index in [1.54, 1.807) is 74.4 Å². The quantitative estimate of drug-likeness (QED) is 0.0363. The number of rotatable bonds is 25. The molecule has 27 heteroatoms. The summed E-state index contributed by atoms with van der Waals surface area (Å²) in [6.07, 6.45) is -5.49. The molecule has 2 aromatic heterocycles. The lowest BCUT2D eigenvalue weighted by molar-refractivity contribution is -0.144. The predicted octanol–water partition coefficient (Wildman–Crippen LogP) is 14.9. The summed E-state index contributed by atoms with van der Waals surface area (Å²) in [6.45, 7) is 25.0. The standard InChI is InChI=1S/C37H44F5N3O4.C20H23F2NO2.C17H23F3N2O3.2H2S/c1-7-49-33(47)19-30(27-17-26(16-24(6)35(27)39)34-23(5)14-22(4)15-29(34)38)43-36(48)31(13-21(2)3)45-20-25(9-12-44-10-8-11-44)28(18-32(45)46)37(40,41)42;1-5-25-18(24)10-17(23)15-9-14(8-13(4)20(15)22)19-12(3)6-11(2)7-16(19)21;1-11(2)8-14(16(24)25)22-10-12(4-7-21-5-3-6-21)13(9-15(22)23)17(18,19)20;;/h14-18,20-21,30-31H,7-13,19H2,1-6H3,(H,43,48);6-9,17H,5,10,23H2,1-4H3;9-11,14H,3-8H2,1-2H3,(H,24,25);2*1H2/t30-,31?;17-;;;/m00.../s1. The highest BCUT2D eigenvalue weighted by atomic mass is 32.1. The number of nitrogens with zero attached hydrogens (tertiary/aromatic N) is 4. The zero-order valence-corrected chi connectivity index (χ0v) is 61.1. The molecule has 4 heterocycles. The summed E-state index contributed by atoms with van der Waals surface area (Å²) in [6, 6.07) is 8.85. The predicted molar refractivity (Wildman–Crippen MR) is 379 cm³/mol. The Kier molecular flexibility index (Phi) is 32.0. The molecule has 2 fully saturated rings. The maximum atomic E-state index is 15.9. The molecule has 0 spiro atoms. The summed E-state index contributed by atoms with van der Waals surface area (Å²) >= 11 is 0. The Morgan fingerprint density at radius 3 is 1.31 bits per heavy atom. The van der Waals surface area contributed by atoms with Crippen LogP contribution < -0.4 is 22.2 Å². The van der Waals surface area contributed by atoms with Crippen LogP contribution in [-0.4, -0.2) is 100 Å². The van der Waals surface area contributed by atoms with Gasteiger partial charge in [0.15, 0.2) is 0 Å². The molecule has 15 nitrogen and oxygen atoms in total. The van der Waals surface area contributed by atoms with Gasteiger partial charge in [0.05, 0.1) is 43.2 Å². The second-order valence-corrected chi connectivity index (χ2v) is 26.4. The third-order valence-corrected chi connectivity index (χ3v) is 17.3. The van der Waals surface area contributed by atoms with Crippen molar-refractivity contribution in [2.24, 2.45) is 17.6 Å². The van der Waals surface area contributed by atoms with Crippen molar-refractivity contribution >= 4 is 50.8 Å². The average molecular weight is 1470 g/mol. The van der Waals surface area contributed by atoms with Crippen LogP contribution in [0.2, 0.25) is 0 Å². The maximum absolute atomic E-state index is 15.9. The number of amides is 1. The van der Waals surface area contributed by atoms with E-state index < -0.39 is 106 Å². The van der Waals surface area contributed by atoms with Gasteiger partial charge in [-0.2, -0.15) is 53.3 Å². The zero-order valence-electron chi connectivity index (χ0n) is 59.1. The molecule has 2 aliphatic rings. The van der Waals surface area contributed by atoms with Crippen molar-refractivity contribution in [3.8, 4) is 22.3 Å². The van der Waals surface area contributed by atoms with Crippen LogP contribution in [0.1, 0.15) is 171 Å². The van der Waals surface area contributed by atoms with Crippen molar-refractivity contribution in [1.29, 1.82) is 0 Å². The number of nitrogens with one attached hydrogen (secondary N) is 1. The topological polar surface area (TPSA) is 196 Å². The fourth-order valence-corrected chi connectivity index (χ4v) is 12.3. The number of aryl methyl sites for hydroxylation is 6. The second-order valence-electron chi connectivity index (χ2n) is 26.4. The smallest absolute Gasteiger partial charge is 0.416 e. The fourth-order valence-electron chi connectivity index (χ4n) is 12.3. The highest BCUT2D eigenvalue weighted by molar-refractivity contribution is 7.59. The van der Waals surface area contributed by atoms with Gasteiger partial charge in [-0.25, -0.2) is 22.4 Å². The van der Waals surface area contributed by atoms with E-state index in [1.165, 1.54) is 37.3 Å². The van der Waals surface area contributed by atoms with Gasteiger partial charge in [-0.05, 0) is 224 Å². The van der Waals surface area contributed by atoms with Crippen molar-refractivity contribution in [2.45, 2.75) is 171 Å². The molecule has 2 unspecified atom stereocenters. The number of hydrogen-bond acceptors (Lipinski definition) is 11. The van der Waals surface area contributed by atoms with Gasteiger partial charge in [0.1, 0.15) is 35.4 Å². The highest BCUT2D eigenvalue weighted by Crippen LogP contribution is 2.38. The Bertz CT molecular complexity index is 3960. The molecule has 101 heavy (non-hydrogen) atoms. The van der Waals surface area contributed by atoms with Gasteiger partial charge >= 0.3 is 30.3 Å². The number of carboxylic acids is 1. The summed E-state index contributed by atoms with van der Waals surface area (Å²) in [5, 5.41) is 12.1. The second kappa shape index (κ2) is 37.6. The number of halogens is 10. The third-order valence-electron chi connectivity index (χ3n) is 17.3. The number of benzene rings is 4. The number of ether oxygens (including phenoxy) is 2. The minimum Gasteiger partial charge on any atom is -0.480 e. The number of aromatic nitrogens is 2. The number of pyridine rings is 2. The number of esters is 2. The molecule has 2 saturated heterocycles. The normalized spacial score (nSPS) is 14.3. The Hall–Kier alpha value is -7.46. The monoisotopic (exact) mass is 1460 g/mol. The molecule has 1 amide bonds. The van der Waals surface area contributed by atoms with Gasteiger partial charge in [0.25, 0.3) is 11.1 Å². The van der Waals surface area contributed by atoms with Gasteiger partial charge in [0, 0.05) is 65.9 Å². The van der Waals surface area contributed by atoms with Crippen LogP contribution in [0.3, 0.4) is 0 Å². The van der Waals surface area contributed by atoms with Gasteiger partial charge < -0.3 is 44.6 Å². The van der Waals surface area contributed by atoms with E-state index in [-0.39, 0.29) is 123 Å². The van der Waals surface area contributed by atoms with Crippen molar-refractivity contribution in [1.82, 2.24) is 24.3 Å². The summed E-state index contributed by atoms with van der Waals surface area (Å²) in [7, 11) is 0. The van der Waals surface area contributed by atoms with Crippen LogP contribution in [0.15, 0.2) is 82.6 Å². The summed E-state index contributed by atoms with van der Waals surface area (Å²) < 4.78 is 154. The van der Waals surface area contributed by atoms with Gasteiger partial charge in [-0.1, -0.05) is 39.8 Å². The van der Waals surface area contributed by atoms with Crippen molar-refractivity contribution in [3.05, 3.63) is 184 Å². The summed E-state index contributed by atoms with van der Waals surface area (Å²) in [5.74, 6) is -5.55. The number of carbonyl (C=O) groups is 4. The highest BCUT2D eigenvalue weighted by Gasteiger charge is 2.38. The third kappa shape index (κ3) is 23.3. The molecule has 4 atom stereocenters. The average Bonchev–Trinajstić information content (AvgIpc) is 0.804. The Morgan fingerprint density at radius 1 is 0.554 bits per heavy atom.